The van der Waals surface area contributed by atoms with Crippen LogP contribution in [0.15, 0.2) is 53.4 Å². The minimum absolute atomic E-state index is 0.174. The fraction of sp³-hybridized carbons (Fsp3) is 0.294. The largest absolute Gasteiger partial charge is 0.310 e. The van der Waals surface area contributed by atoms with Gasteiger partial charge in [-0.05, 0) is 48.2 Å². The standard InChI is InChI=1S/C17H18FNS/c18-15-6-4-13(5-7-15)12-20-17-3-1-2-14(10-17)11-19-16-8-9-16/h1-7,10,16,19H,8-9,11-12H2. The Kier molecular flexibility index (Phi) is 4.38. The zero-order valence-corrected chi connectivity index (χ0v) is 12.1. The molecule has 1 aliphatic rings. The predicted molar refractivity (Wildman–Crippen MR) is 82.3 cm³/mol. The smallest absolute Gasteiger partial charge is 0.123 e. The highest BCUT2D eigenvalue weighted by Crippen LogP contribution is 2.24. The molecular formula is C17H18FNS. The van der Waals surface area contributed by atoms with Crippen LogP contribution in [0.1, 0.15) is 24.0 Å². The summed E-state index contributed by atoms with van der Waals surface area (Å²) in [5.41, 5.74) is 2.49. The third kappa shape index (κ3) is 4.09. The van der Waals surface area contributed by atoms with E-state index in [1.54, 1.807) is 11.8 Å². The molecule has 0 heterocycles. The summed E-state index contributed by atoms with van der Waals surface area (Å²) < 4.78 is 12.8. The second kappa shape index (κ2) is 6.42. The van der Waals surface area contributed by atoms with Crippen LogP contribution >= 0.6 is 11.8 Å². The maximum absolute atomic E-state index is 12.8. The molecule has 0 aliphatic heterocycles. The molecule has 0 amide bonds. The summed E-state index contributed by atoms with van der Waals surface area (Å²) in [4.78, 5) is 1.27. The molecule has 2 aromatic carbocycles. The van der Waals surface area contributed by atoms with Gasteiger partial charge >= 0.3 is 0 Å². The molecule has 2 aromatic rings. The van der Waals surface area contributed by atoms with E-state index in [2.05, 4.69) is 29.6 Å². The Hall–Kier alpha value is -1.32. The van der Waals surface area contributed by atoms with Gasteiger partial charge in [0.1, 0.15) is 5.82 Å². The van der Waals surface area contributed by atoms with Crippen LogP contribution < -0.4 is 5.32 Å². The Labute approximate surface area is 123 Å². The highest BCUT2D eigenvalue weighted by atomic mass is 32.2. The molecule has 3 rings (SSSR count). The molecule has 20 heavy (non-hydrogen) atoms. The van der Waals surface area contributed by atoms with Gasteiger partial charge in [-0.1, -0.05) is 24.3 Å². The van der Waals surface area contributed by atoms with Crippen LogP contribution in [0.4, 0.5) is 4.39 Å². The number of hydrogen-bond donors (Lipinski definition) is 1. The van der Waals surface area contributed by atoms with Crippen LogP contribution in [0.3, 0.4) is 0 Å². The van der Waals surface area contributed by atoms with Crippen LogP contribution in [0.2, 0.25) is 0 Å². The maximum Gasteiger partial charge on any atom is 0.123 e. The van der Waals surface area contributed by atoms with Gasteiger partial charge in [-0.3, -0.25) is 0 Å². The van der Waals surface area contributed by atoms with E-state index >= 15 is 0 Å². The van der Waals surface area contributed by atoms with Gasteiger partial charge in [0.05, 0.1) is 0 Å². The van der Waals surface area contributed by atoms with Crippen molar-refractivity contribution < 1.29 is 4.39 Å². The minimum Gasteiger partial charge on any atom is -0.310 e. The van der Waals surface area contributed by atoms with Crippen LogP contribution in [0.25, 0.3) is 0 Å². The summed E-state index contributed by atoms with van der Waals surface area (Å²) in [5.74, 6) is 0.701. The van der Waals surface area contributed by atoms with Crippen molar-refractivity contribution >= 4 is 11.8 Å². The summed E-state index contributed by atoms with van der Waals surface area (Å²) in [6.45, 7) is 0.954. The molecule has 3 heteroatoms. The summed E-state index contributed by atoms with van der Waals surface area (Å²) in [6, 6.07) is 16.1. The highest BCUT2D eigenvalue weighted by Gasteiger charge is 2.19. The zero-order valence-electron chi connectivity index (χ0n) is 11.3. The van der Waals surface area contributed by atoms with Crippen molar-refractivity contribution in [3.05, 3.63) is 65.5 Å². The molecule has 0 spiro atoms. The second-order valence-corrected chi connectivity index (χ2v) is 6.27. The highest BCUT2D eigenvalue weighted by molar-refractivity contribution is 7.98. The van der Waals surface area contributed by atoms with Crippen molar-refractivity contribution in [1.29, 1.82) is 0 Å². The molecule has 1 saturated carbocycles. The number of thioether (sulfide) groups is 1. The zero-order chi connectivity index (χ0) is 13.8. The van der Waals surface area contributed by atoms with Crippen molar-refractivity contribution in [3.8, 4) is 0 Å². The lowest BCUT2D eigenvalue weighted by molar-refractivity contribution is 0.627. The Morgan fingerprint density at radius 3 is 2.60 bits per heavy atom. The molecule has 0 aromatic heterocycles. The normalized spacial score (nSPS) is 14.4. The third-order valence-corrected chi connectivity index (χ3v) is 4.45. The Bertz CT molecular complexity index is 563. The van der Waals surface area contributed by atoms with Crippen molar-refractivity contribution in [3.63, 3.8) is 0 Å². The van der Waals surface area contributed by atoms with Crippen LogP contribution in [-0.2, 0) is 12.3 Å². The molecule has 1 N–H and O–H groups in total. The van der Waals surface area contributed by atoms with E-state index in [-0.39, 0.29) is 5.82 Å². The van der Waals surface area contributed by atoms with Crippen LogP contribution in [-0.4, -0.2) is 6.04 Å². The molecule has 0 unspecified atom stereocenters. The average Bonchev–Trinajstić information content (AvgIpc) is 3.29. The molecular weight excluding hydrogens is 269 g/mol. The number of nitrogens with one attached hydrogen (secondary N) is 1. The van der Waals surface area contributed by atoms with Crippen molar-refractivity contribution in [1.82, 2.24) is 5.32 Å². The number of hydrogen-bond acceptors (Lipinski definition) is 2. The van der Waals surface area contributed by atoms with Gasteiger partial charge in [-0.25, -0.2) is 4.39 Å². The quantitative estimate of drug-likeness (QED) is 0.792. The van der Waals surface area contributed by atoms with Crippen LogP contribution in [0, 0.1) is 5.82 Å². The van der Waals surface area contributed by atoms with E-state index in [9.17, 15) is 4.39 Å². The number of rotatable bonds is 6. The SMILES string of the molecule is Fc1ccc(CSc2cccc(CNC3CC3)c2)cc1. The van der Waals surface area contributed by atoms with E-state index in [1.807, 2.05) is 12.1 Å². The molecule has 1 fully saturated rings. The fourth-order valence-electron chi connectivity index (χ4n) is 2.04. The molecule has 0 saturated heterocycles. The topological polar surface area (TPSA) is 12.0 Å². The molecule has 0 atom stereocenters. The molecule has 1 nitrogen and oxygen atoms in total. The van der Waals surface area contributed by atoms with E-state index in [4.69, 9.17) is 0 Å². The van der Waals surface area contributed by atoms with Gasteiger partial charge < -0.3 is 5.32 Å². The lowest BCUT2D eigenvalue weighted by Crippen LogP contribution is -2.15. The second-order valence-electron chi connectivity index (χ2n) is 5.22. The van der Waals surface area contributed by atoms with Gasteiger partial charge in [0, 0.05) is 23.2 Å². The maximum atomic E-state index is 12.8. The predicted octanol–water partition coefficient (Wildman–Crippen LogP) is 4.37. The van der Waals surface area contributed by atoms with E-state index in [1.165, 1.54) is 35.4 Å². The van der Waals surface area contributed by atoms with Gasteiger partial charge in [-0.2, -0.15) is 0 Å². The first-order valence-corrected chi connectivity index (χ1v) is 7.98. The third-order valence-electron chi connectivity index (χ3n) is 3.39. The first-order chi connectivity index (χ1) is 9.79. The summed E-state index contributed by atoms with van der Waals surface area (Å²) in [7, 11) is 0. The van der Waals surface area contributed by atoms with Gasteiger partial charge in [0.2, 0.25) is 0 Å². The Morgan fingerprint density at radius 1 is 1.05 bits per heavy atom. The van der Waals surface area contributed by atoms with Crippen molar-refractivity contribution in [2.24, 2.45) is 0 Å². The lowest BCUT2D eigenvalue weighted by atomic mass is 10.2. The average molecular weight is 287 g/mol. The van der Waals surface area contributed by atoms with Crippen molar-refractivity contribution in [2.45, 2.75) is 36.1 Å². The lowest BCUT2D eigenvalue weighted by Gasteiger charge is -2.06. The monoisotopic (exact) mass is 287 g/mol. The van der Waals surface area contributed by atoms with E-state index in [0.29, 0.717) is 0 Å². The number of benzene rings is 2. The van der Waals surface area contributed by atoms with Gasteiger partial charge in [0.25, 0.3) is 0 Å². The Balaban J connectivity index is 1.56. The summed E-state index contributed by atoms with van der Waals surface area (Å²) in [6.07, 6.45) is 2.64. The first-order valence-electron chi connectivity index (χ1n) is 6.99. The molecule has 1 aliphatic carbocycles. The van der Waals surface area contributed by atoms with Crippen LogP contribution in [0.5, 0.6) is 0 Å². The van der Waals surface area contributed by atoms with Gasteiger partial charge in [-0.15, -0.1) is 11.8 Å². The van der Waals surface area contributed by atoms with E-state index < -0.39 is 0 Å². The summed E-state index contributed by atoms with van der Waals surface area (Å²) >= 11 is 1.79. The molecule has 0 radical (unpaired) electrons. The van der Waals surface area contributed by atoms with Gasteiger partial charge in [0.15, 0.2) is 0 Å². The first kappa shape index (κ1) is 13.7. The molecule has 0 bridgehead atoms. The molecule has 104 valence electrons. The number of halogens is 1. The minimum atomic E-state index is -0.174. The van der Waals surface area contributed by atoms with E-state index in [0.717, 1.165) is 23.9 Å². The van der Waals surface area contributed by atoms with Crippen molar-refractivity contribution in [2.75, 3.05) is 0 Å². The Morgan fingerprint density at radius 2 is 1.85 bits per heavy atom. The fourth-order valence-corrected chi connectivity index (χ4v) is 2.98. The summed E-state index contributed by atoms with van der Waals surface area (Å²) in [5, 5.41) is 3.53.